The number of carbonyl (C=O) groups is 1. The van der Waals surface area contributed by atoms with E-state index in [1.807, 2.05) is 36.1 Å². The maximum atomic E-state index is 12.3. The smallest absolute Gasteiger partial charge is 0.233 e. The van der Waals surface area contributed by atoms with E-state index in [9.17, 15) is 4.79 Å². The zero-order chi connectivity index (χ0) is 15.5. The van der Waals surface area contributed by atoms with Crippen molar-refractivity contribution >= 4 is 28.6 Å². The van der Waals surface area contributed by atoms with Crippen LogP contribution >= 0.6 is 11.8 Å². The molecule has 1 aromatic heterocycles. The lowest BCUT2D eigenvalue weighted by molar-refractivity contribution is -0.129. The summed E-state index contributed by atoms with van der Waals surface area (Å²) in [5, 5.41) is 1.75. The Balaban J connectivity index is 1.65. The molecule has 1 aromatic carbocycles. The summed E-state index contributed by atoms with van der Waals surface area (Å²) in [6.45, 7) is 5.50. The molecule has 1 amide bonds. The number of thioether (sulfide) groups is 1. The lowest BCUT2D eigenvalue weighted by Crippen LogP contribution is -2.47. The molecule has 5 nitrogen and oxygen atoms in total. The van der Waals surface area contributed by atoms with Crippen LogP contribution in [0.25, 0.3) is 10.9 Å². The van der Waals surface area contributed by atoms with Crippen LogP contribution in [0.2, 0.25) is 0 Å². The number of likely N-dealkylation sites (N-methyl/N-ethyl adjacent to an activating group) is 1. The monoisotopic (exact) mass is 316 g/mol. The van der Waals surface area contributed by atoms with E-state index in [0.717, 1.165) is 42.8 Å². The highest BCUT2D eigenvalue weighted by Crippen LogP contribution is 2.20. The number of rotatable bonds is 3. The van der Waals surface area contributed by atoms with Crippen molar-refractivity contribution in [1.29, 1.82) is 0 Å². The van der Waals surface area contributed by atoms with Crippen LogP contribution in [0.4, 0.5) is 0 Å². The lowest BCUT2D eigenvalue weighted by Gasteiger charge is -2.32. The number of nitrogens with zero attached hydrogens (tertiary/aromatic N) is 4. The van der Waals surface area contributed by atoms with Crippen LogP contribution in [0.3, 0.4) is 0 Å². The van der Waals surface area contributed by atoms with Gasteiger partial charge in [0.05, 0.1) is 11.3 Å². The number of piperazine rings is 1. The zero-order valence-electron chi connectivity index (χ0n) is 13.0. The molecule has 1 aliphatic heterocycles. The number of benzene rings is 1. The Morgan fingerprint density at radius 3 is 2.68 bits per heavy atom. The van der Waals surface area contributed by atoms with Crippen LogP contribution in [0, 0.1) is 6.92 Å². The first-order valence-electron chi connectivity index (χ1n) is 7.46. The Hall–Kier alpha value is -1.66. The Kier molecular flexibility index (Phi) is 4.59. The number of aromatic nitrogens is 2. The summed E-state index contributed by atoms with van der Waals surface area (Å²) < 4.78 is 0. The molecule has 1 saturated heterocycles. The second-order valence-corrected chi connectivity index (χ2v) is 6.52. The molecule has 0 aliphatic carbocycles. The standard InChI is InChI=1S/C16H20N4OS/c1-12-13-5-3-4-6-14(13)18-16(17-12)22-11-15(21)20-9-7-19(2)8-10-20/h3-6H,7-11H2,1-2H3. The molecule has 6 heteroatoms. The Morgan fingerprint density at radius 1 is 1.18 bits per heavy atom. The van der Waals surface area contributed by atoms with Crippen molar-refractivity contribution in [3.8, 4) is 0 Å². The van der Waals surface area contributed by atoms with Gasteiger partial charge in [0.1, 0.15) is 0 Å². The van der Waals surface area contributed by atoms with Crippen molar-refractivity contribution < 1.29 is 4.79 Å². The first kappa shape index (κ1) is 15.2. The molecule has 2 aromatic rings. The quantitative estimate of drug-likeness (QED) is 0.638. The average Bonchev–Trinajstić information content (AvgIpc) is 2.53. The second kappa shape index (κ2) is 6.62. The van der Waals surface area contributed by atoms with Crippen LogP contribution in [0.15, 0.2) is 29.4 Å². The van der Waals surface area contributed by atoms with E-state index in [4.69, 9.17) is 0 Å². The molecular weight excluding hydrogens is 296 g/mol. The van der Waals surface area contributed by atoms with Gasteiger partial charge in [0.25, 0.3) is 0 Å². The summed E-state index contributed by atoms with van der Waals surface area (Å²) in [6, 6.07) is 7.96. The van der Waals surface area contributed by atoms with E-state index in [-0.39, 0.29) is 5.91 Å². The first-order chi connectivity index (χ1) is 10.6. The van der Waals surface area contributed by atoms with E-state index in [1.54, 1.807) is 0 Å². The molecule has 2 heterocycles. The van der Waals surface area contributed by atoms with Crippen LogP contribution in [-0.4, -0.2) is 64.7 Å². The largest absolute Gasteiger partial charge is 0.339 e. The fourth-order valence-corrected chi connectivity index (χ4v) is 3.35. The van der Waals surface area contributed by atoms with Crippen LogP contribution < -0.4 is 0 Å². The number of carbonyl (C=O) groups excluding carboxylic acids is 1. The van der Waals surface area contributed by atoms with Gasteiger partial charge >= 0.3 is 0 Å². The third-order valence-electron chi connectivity index (χ3n) is 3.95. The molecule has 22 heavy (non-hydrogen) atoms. The normalized spacial score (nSPS) is 16.2. The summed E-state index contributed by atoms with van der Waals surface area (Å²) in [5.74, 6) is 0.578. The number of fused-ring (bicyclic) bond motifs is 1. The van der Waals surface area contributed by atoms with Crippen molar-refractivity contribution in [2.24, 2.45) is 0 Å². The minimum atomic E-state index is 0.174. The molecule has 1 aliphatic rings. The molecule has 0 N–H and O–H groups in total. The summed E-state index contributed by atoms with van der Waals surface area (Å²) in [4.78, 5) is 25.5. The van der Waals surface area contributed by atoms with Crippen molar-refractivity contribution in [3.63, 3.8) is 0 Å². The predicted octanol–water partition coefficient (Wildman–Crippen LogP) is 1.80. The summed E-state index contributed by atoms with van der Waals surface area (Å²) >= 11 is 1.42. The molecule has 0 saturated carbocycles. The molecular formula is C16H20N4OS. The van der Waals surface area contributed by atoms with Gasteiger partial charge in [0.15, 0.2) is 5.16 Å². The van der Waals surface area contributed by atoms with Crippen LogP contribution in [0.5, 0.6) is 0 Å². The van der Waals surface area contributed by atoms with E-state index in [0.29, 0.717) is 10.9 Å². The fourth-order valence-electron chi connectivity index (χ4n) is 2.55. The summed E-state index contributed by atoms with van der Waals surface area (Å²) in [5.41, 5.74) is 1.89. The SMILES string of the molecule is Cc1nc(SCC(=O)N2CCN(C)CC2)nc2ccccc12. The van der Waals surface area contributed by atoms with Gasteiger partial charge in [-0.15, -0.1) is 0 Å². The topological polar surface area (TPSA) is 49.3 Å². The zero-order valence-corrected chi connectivity index (χ0v) is 13.8. The summed E-state index contributed by atoms with van der Waals surface area (Å²) in [7, 11) is 2.09. The molecule has 0 radical (unpaired) electrons. The van der Waals surface area contributed by atoms with Gasteiger partial charge in [0, 0.05) is 37.3 Å². The molecule has 0 unspecified atom stereocenters. The van der Waals surface area contributed by atoms with Gasteiger partial charge in [-0.3, -0.25) is 4.79 Å². The van der Waals surface area contributed by atoms with Crippen molar-refractivity contribution in [2.45, 2.75) is 12.1 Å². The van der Waals surface area contributed by atoms with Gasteiger partial charge in [-0.25, -0.2) is 9.97 Å². The number of amides is 1. The first-order valence-corrected chi connectivity index (χ1v) is 8.44. The van der Waals surface area contributed by atoms with E-state index >= 15 is 0 Å². The Bertz CT molecular complexity index is 683. The maximum Gasteiger partial charge on any atom is 0.233 e. The van der Waals surface area contributed by atoms with Gasteiger partial charge in [-0.1, -0.05) is 30.0 Å². The highest BCUT2D eigenvalue weighted by molar-refractivity contribution is 7.99. The number of hydrogen-bond acceptors (Lipinski definition) is 5. The van der Waals surface area contributed by atoms with E-state index in [2.05, 4.69) is 21.9 Å². The van der Waals surface area contributed by atoms with Gasteiger partial charge in [-0.2, -0.15) is 0 Å². The Morgan fingerprint density at radius 2 is 1.91 bits per heavy atom. The number of hydrogen-bond donors (Lipinski definition) is 0. The lowest BCUT2D eigenvalue weighted by atomic mass is 10.2. The maximum absolute atomic E-state index is 12.3. The highest BCUT2D eigenvalue weighted by Gasteiger charge is 2.19. The van der Waals surface area contributed by atoms with Gasteiger partial charge < -0.3 is 9.80 Å². The average molecular weight is 316 g/mol. The van der Waals surface area contributed by atoms with Crippen molar-refractivity contribution in [3.05, 3.63) is 30.0 Å². The van der Waals surface area contributed by atoms with Crippen molar-refractivity contribution in [1.82, 2.24) is 19.8 Å². The van der Waals surface area contributed by atoms with Crippen molar-refractivity contribution in [2.75, 3.05) is 39.0 Å². The summed E-state index contributed by atoms with van der Waals surface area (Å²) in [6.07, 6.45) is 0. The Labute approximate surface area is 134 Å². The molecule has 1 fully saturated rings. The predicted molar refractivity (Wildman–Crippen MR) is 89.1 cm³/mol. The molecule has 116 valence electrons. The molecule has 0 bridgehead atoms. The highest BCUT2D eigenvalue weighted by atomic mass is 32.2. The van der Waals surface area contributed by atoms with E-state index < -0.39 is 0 Å². The van der Waals surface area contributed by atoms with Gasteiger partial charge in [-0.05, 0) is 20.0 Å². The second-order valence-electron chi connectivity index (χ2n) is 5.58. The molecule has 0 spiro atoms. The number of aryl methyl sites for hydroxylation is 1. The third-order valence-corrected chi connectivity index (χ3v) is 4.79. The molecule has 3 rings (SSSR count). The molecule has 0 atom stereocenters. The minimum Gasteiger partial charge on any atom is -0.339 e. The van der Waals surface area contributed by atoms with Gasteiger partial charge in [0.2, 0.25) is 5.91 Å². The minimum absolute atomic E-state index is 0.174. The fraction of sp³-hybridized carbons (Fsp3) is 0.438. The van der Waals surface area contributed by atoms with E-state index in [1.165, 1.54) is 11.8 Å². The number of para-hydroxylation sites is 1. The van der Waals surface area contributed by atoms with Crippen LogP contribution in [0.1, 0.15) is 5.69 Å². The van der Waals surface area contributed by atoms with Crippen LogP contribution in [-0.2, 0) is 4.79 Å². The third kappa shape index (κ3) is 3.39.